The van der Waals surface area contributed by atoms with Crippen molar-refractivity contribution < 1.29 is 4.39 Å². The van der Waals surface area contributed by atoms with Gasteiger partial charge in [0.2, 0.25) is 0 Å². The quantitative estimate of drug-likeness (QED) is 0.896. The van der Waals surface area contributed by atoms with E-state index in [1.165, 1.54) is 5.56 Å². The molecule has 3 rings (SSSR count). The second-order valence-electron chi connectivity index (χ2n) is 6.10. The standard InChI is InChI=1S/C16H25FN4/c1-19-8-10-20(11-9-19)13-14-2-3-15(17)16(12-14)21-6-4-18-5-7-21/h2-3,12,18H,4-11,13H2,1H3. The number of nitrogens with one attached hydrogen (secondary N) is 1. The Morgan fingerprint density at radius 1 is 1.05 bits per heavy atom. The predicted molar refractivity (Wildman–Crippen MR) is 84.3 cm³/mol. The Labute approximate surface area is 126 Å². The minimum Gasteiger partial charge on any atom is -0.367 e. The van der Waals surface area contributed by atoms with Crippen molar-refractivity contribution in [3.63, 3.8) is 0 Å². The topological polar surface area (TPSA) is 21.8 Å². The zero-order valence-electron chi connectivity index (χ0n) is 12.8. The molecule has 2 heterocycles. The molecule has 0 spiro atoms. The lowest BCUT2D eigenvalue weighted by molar-refractivity contribution is 0.148. The molecule has 1 aromatic rings. The number of rotatable bonds is 3. The first-order valence-electron chi connectivity index (χ1n) is 7.87. The largest absolute Gasteiger partial charge is 0.367 e. The Balaban J connectivity index is 1.68. The smallest absolute Gasteiger partial charge is 0.146 e. The van der Waals surface area contributed by atoms with Gasteiger partial charge in [0.15, 0.2) is 0 Å². The molecule has 0 bridgehead atoms. The second kappa shape index (κ2) is 6.73. The third kappa shape index (κ3) is 3.73. The molecule has 2 aliphatic heterocycles. The highest BCUT2D eigenvalue weighted by atomic mass is 19.1. The van der Waals surface area contributed by atoms with Crippen LogP contribution < -0.4 is 10.2 Å². The van der Waals surface area contributed by atoms with E-state index < -0.39 is 0 Å². The van der Waals surface area contributed by atoms with E-state index in [4.69, 9.17) is 0 Å². The SMILES string of the molecule is CN1CCN(Cc2ccc(F)c(N3CCNCC3)c2)CC1. The van der Waals surface area contributed by atoms with Crippen LogP contribution in [0.1, 0.15) is 5.56 Å². The number of benzene rings is 1. The van der Waals surface area contributed by atoms with E-state index in [2.05, 4.69) is 27.1 Å². The van der Waals surface area contributed by atoms with Crippen LogP contribution >= 0.6 is 0 Å². The molecule has 2 aliphatic rings. The lowest BCUT2D eigenvalue weighted by atomic mass is 10.1. The summed E-state index contributed by atoms with van der Waals surface area (Å²) in [7, 11) is 2.16. The molecule has 0 radical (unpaired) electrons. The Morgan fingerprint density at radius 3 is 2.48 bits per heavy atom. The Hall–Kier alpha value is -1.17. The first-order valence-corrected chi connectivity index (χ1v) is 7.87. The van der Waals surface area contributed by atoms with Crippen molar-refractivity contribution in [3.05, 3.63) is 29.6 Å². The highest BCUT2D eigenvalue weighted by molar-refractivity contribution is 5.50. The van der Waals surface area contributed by atoms with Crippen LogP contribution in [0.3, 0.4) is 0 Å². The van der Waals surface area contributed by atoms with E-state index in [9.17, 15) is 4.39 Å². The van der Waals surface area contributed by atoms with Gasteiger partial charge in [-0.3, -0.25) is 4.90 Å². The number of hydrogen-bond donors (Lipinski definition) is 1. The fourth-order valence-electron chi connectivity index (χ4n) is 3.07. The van der Waals surface area contributed by atoms with Gasteiger partial charge in [0.25, 0.3) is 0 Å². The zero-order valence-corrected chi connectivity index (χ0v) is 12.8. The molecule has 1 N–H and O–H groups in total. The van der Waals surface area contributed by atoms with Gasteiger partial charge in [0.05, 0.1) is 5.69 Å². The maximum Gasteiger partial charge on any atom is 0.146 e. The van der Waals surface area contributed by atoms with Gasteiger partial charge in [-0.05, 0) is 24.7 Å². The van der Waals surface area contributed by atoms with Crippen molar-refractivity contribution in [2.24, 2.45) is 0 Å². The van der Waals surface area contributed by atoms with Crippen molar-refractivity contribution >= 4 is 5.69 Å². The van der Waals surface area contributed by atoms with Crippen LogP contribution in [0.25, 0.3) is 0 Å². The van der Waals surface area contributed by atoms with Crippen LogP contribution in [0.15, 0.2) is 18.2 Å². The number of piperazine rings is 2. The van der Waals surface area contributed by atoms with E-state index in [1.807, 2.05) is 12.1 Å². The summed E-state index contributed by atoms with van der Waals surface area (Å²) < 4.78 is 14.1. The van der Waals surface area contributed by atoms with E-state index in [1.54, 1.807) is 6.07 Å². The van der Waals surface area contributed by atoms with Gasteiger partial charge in [0.1, 0.15) is 5.82 Å². The molecule has 21 heavy (non-hydrogen) atoms. The summed E-state index contributed by atoms with van der Waals surface area (Å²) in [5, 5.41) is 3.31. The van der Waals surface area contributed by atoms with Gasteiger partial charge in [-0.2, -0.15) is 0 Å². The van der Waals surface area contributed by atoms with Gasteiger partial charge in [-0.25, -0.2) is 4.39 Å². The van der Waals surface area contributed by atoms with Crippen molar-refractivity contribution in [2.45, 2.75) is 6.54 Å². The van der Waals surface area contributed by atoms with Gasteiger partial charge in [0, 0.05) is 58.9 Å². The maximum absolute atomic E-state index is 14.1. The van der Waals surface area contributed by atoms with Crippen LogP contribution in [-0.4, -0.2) is 69.2 Å². The van der Waals surface area contributed by atoms with E-state index >= 15 is 0 Å². The lowest BCUT2D eigenvalue weighted by Gasteiger charge is -2.33. The van der Waals surface area contributed by atoms with Crippen LogP contribution in [0, 0.1) is 5.82 Å². The second-order valence-corrected chi connectivity index (χ2v) is 6.10. The fourth-order valence-corrected chi connectivity index (χ4v) is 3.07. The van der Waals surface area contributed by atoms with Crippen LogP contribution in [0.4, 0.5) is 10.1 Å². The maximum atomic E-state index is 14.1. The number of anilines is 1. The van der Waals surface area contributed by atoms with Gasteiger partial charge in [-0.1, -0.05) is 6.07 Å². The number of halogens is 1. The fraction of sp³-hybridized carbons (Fsp3) is 0.625. The molecule has 0 saturated carbocycles. The van der Waals surface area contributed by atoms with Crippen molar-refractivity contribution in [2.75, 3.05) is 64.3 Å². The summed E-state index contributed by atoms with van der Waals surface area (Å²) >= 11 is 0. The molecule has 1 aromatic carbocycles. The lowest BCUT2D eigenvalue weighted by Crippen LogP contribution is -2.44. The first kappa shape index (κ1) is 14.8. The zero-order chi connectivity index (χ0) is 14.7. The monoisotopic (exact) mass is 292 g/mol. The molecule has 0 unspecified atom stereocenters. The van der Waals surface area contributed by atoms with Crippen LogP contribution in [0.5, 0.6) is 0 Å². The highest BCUT2D eigenvalue weighted by Crippen LogP contribution is 2.22. The molecule has 2 saturated heterocycles. The van der Waals surface area contributed by atoms with Gasteiger partial charge in [-0.15, -0.1) is 0 Å². The molecule has 4 nitrogen and oxygen atoms in total. The minimum absolute atomic E-state index is 0.0981. The van der Waals surface area contributed by atoms with E-state index in [0.29, 0.717) is 0 Å². The summed E-state index contributed by atoms with van der Waals surface area (Å²) in [5.41, 5.74) is 1.98. The average molecular weight is 292 g/mol. The molecular formula is C16H25FN4. The number of likely N-dealkylation sites (N-methyl/N-ethyl adjacent to an activating group) is 1. The Bertz CT molecular complexity index is 465. The van der Waals surface area contributed by atoms with Gasteiger partial charge >= 0.3 is 0 Å². The number of nitrogens with zero attached hydrogens (tertiary/aromatic N) is 3. The summed E-state index contributed by atoms with van der Waals surface area (Å²) in [4.78, 5) is 6.96. The molecule has 5 heteroatoms. The normalized spacial score (nSPS) is 21.7. The first-order chi connectivity index (χ1) is 10.2. The van der Waals surface area contributed by atoms with Crippen molar-refractivity contribution in [1.29, 1.82) is 0 Å². The molecule has 0 atom stereocenters. The van der Waals surface area contributed by atoms with Crippen LogP contribution in [-0.2, 0) is 6.54 Å². The summed E-state index contributed by atoms with van der Waals surface area (Å²) in [5.74, 6) is -0.0981. The summed E-state index contributed by atoms with van der Waals surface area (Å²) in [6, 6.07) is 5.60. The molecule has 0 aliphatic carbocycles. The Morgan fingerprint density at radius 2 is 1.76 bits per heavy atom. The molecule has 2 fully saturated rings. The minimum atomic E-state index is -0.0981. The van der Waals surface area contributed by atoms with Gasteiger partial charge < -0.3 is 15.1 Å². The van der Waals surface area contributed by atoms with Crippen molar-refractivity contribution in [1.82, 2.24) is 15.1 Å². The number of hydrogen-bond acceptors (Lipinski definition) is 4. The molecule has 0 aromatic heterocycles. The highest BCUT2D eigenvalue weighted by Gasteiger charge is 2.17. The Kier molecular flexibility index (Phi) is 4.73. The van der Waals surface area contributed by atoms with E-state index in [-0.39, 0.29) is 5.82 Å². The molecule has 0 amide bonds. The summed E-state index contributed by atoms with van der Waals surface area (Å²) in [6.45, 7) is 8.98. The predicted octanol–water partition coefficient (Wildman–Crippen LogP) is 0.983. The third-order valence-corrected chi connectivity index (χ3v) is 4.47. The third-order valence-electron chi connectivity index (χ3n) is 4.47. The average Bonchev–Trinajstić information content (AvgIpc) is 2.52. The summed E-state index contributed by atoms with van der Waals surface area (Å²) in [6.07, 6.45) is 0. The van der Waals surface area contributed by atoms with Crippen LogP contribution in [0.2, 0.25) is 0 Å². The van der Waals surface area contributed by atoms with Crippen molar-refractivity contribution in [3.8, 4) is 0 Å². The van der Waals surface area contributed by atoms with E-state index in [0.717, 1.165) is 64.6 Å². The molecular weight excluding hydrogens is 267 g/mol. The molecule has 116 valence electrons.